The molecular formula is C43H58N4O6. The SMILES string of the molecule is CC[C@H](Cc1ccccc1)NC(=O)c1cc(CN)cc(-c2cccc(CN3O[C@@H](CO)[C@@H]([C@H](C)O)[C@H]3C(=O)N[C@H]3C[C@H]4C[C@@H]([C@@H]3C)C4(C)C)c2OC)c1. The second-order valence-corrected chi connectivity index (χ2v) is 16.1. The van der Waals surface area contributed by atoms with Gasteiger partial charge in [0.1, 0.15) is 17.9 Å². The number of carbonyl (C=O) groups is 2. The van der Waals surface area contributed by atoms with Crippen molar-refractivity contribution in [3.63, 3.8) is 0 Å². The van der Waals surface area contributed by atoms with E-state index in [1.807, 2.05) is 54.6 Å². The van der Waals surface area contributed by atoms with Gasteiger partial charge >= 0.3 is 0 Å². The molecule has 1 heterocycles. The number of fused-ring (bicyclic) bond motifs is 2. The van der Waals surface area contributed by atoms with E-state index in [1.54, 1.807) is 19.1 Å². The Morgan fingerprint density at radius 1 is 1.08 bits per heavy atom. The monoisotopic (exact) mass is 726 g/mol. The molecule has 4 fully saturated rings. The Kier molecular flexibility index (Phi) is 12.0. The minimum Gasteiger partial charge on any atom is -0.496 e. The van der Waals surface area contributed by atoms with Crippen LogP contribution in [0.2, 0.25) is 0 Å². The number of nitrogens with zero attached hydrogens (tertiary/aromatic N) is 1. The molecule has 0 spiro atoms. The van der Waals surface area contributed by atoms with Gasteiger partial charge in [0, 0.05) is 41.2 Å². The molecule has 2 bridgehead atoms. The van der Waals surface area contributed by atoms with E-state index in [0.29, 0.717) is 29.1 Å². The molecule has 53 heavy (non-hydrogen) atoms. The van der Waals surface area contributed by atoms with Gasteiger partial charge in [0.05, 0.1) is 26.4 Å². The largest absolute Gasteiger partial charge is 0.496 e. The lowest BCUT2D eigenvalue weighted by atomic mass is 9.45. The second kappa shape index (κ2) is 16.3. The number of aliphatic hydroxyl groups is 2. The molecule has 286 valence electrons. The zero-order chi connectivity index (χ0) is 38.0. The molecule has 1 saturated heterocycles. The standard InChI is InChI=1S/C43H58N4O6/c1-7-33(18-27-12-9-8-10-13-27)45-41(50)31-17-28(22-44)16-30(19-31)34-15-11-14-29(40(34)52-6)23-47-39(38(26(3)49)37(24-48)53-47)42(51)46-36-21-32-20-35(25(36)2)43(32,4)5/h8-17,19,25-26,32-33,35-39,48-49H,7,18,20-24,44H2,1-6H3,(H,45,50)(H,46,51)/t25-,26-,32+,33+,35-,36-,37-,38+,39-/m0/s1. The normalized spacial score (nSPS) is 27.4. The Hall–Kier alpha value is -3.80. The molecule has 3 aromatic rings. The zero-order valence-electron chi connectivity index (χ0n) is 32.0. The molecule has 3 saturated carbocycles. The first-order valence-corrected chi connectivity index (χ1v) is 19.3. The number of carbonyl (C=O) groups excluding carboxylic acids is 2. The van der Waals surface area contributed by atoms with Crippen molar-refractivity contribution in [1.82, 2.24) is 15.7 Å². The number of amides is 2. The number of hydrogen-bond acceptors (Lipinski definition) is 8. The van der Waals surface area contributed by atoms with Crippen LogP contribution in [0, 0.1) is 29.1 Å². The van der Waals surface area contributed by atoms with Crippen molar-refractivity contribution >= 4 is 11.8 Å². The van der Waals surface area contributed by atoms with Gasteiger partial charge in [-0.15, -0.1) is 0 Å². The molecule has 4 aliphatic rings. The van der Waals surface area contributed by atoms with E-state index in [-0.39, 0.29) is 49.0 Å². The van der Waals surface area contributed by atoms with Gasteiger partial charge in [0.25, 0.3) is 5.91 Å². The molecule has 7 rings (SSSR count). The van der Waals surface area contributed by atoms with Crippen LogP contribution in [0.15, 0.2) is 66.7 Å². The van der Waals surface area contributed by atoms with Crippen LogP contribution in [0.25, 0.3) is 11.1 Å². The van der Waals surface area contributed by atoms with Crippen LogP contribution in [0.5, 0.6) is 5.75 Å². The number of rotatable bonds is 14. The number of benzene rings is 3. The van der Waals surface area contributed by atoms with Crippen LogP contribution < -0.4 is 21.1 Å². The third-order valence-corrected chi connectivity index (χ3v) is 12.6. The first-order chi connectivity index (χ1) is 25.4. The van der Waals surface area contributed by atoms with Gasteiger partial charge in [-0.2, -0.15) is 5.06 Å². The summed E-state index contributed by atoms with van der Waals surface area (Å²) in [5.41, 5.74) is 11.2. The summed E-state index contributed by atoms with van der Waals surface area (Å²) >= 11 is 0. The Morgan fingerprint density at radius 3 is 2.45 bits per heavy atom. The number of aliphatic hydroxyl groups excluding tert-OH is 2. The van der Waals surface area contributed by atoms with Crippen LogP contribution in [-0.4, -0.2) is 71.1 Å². The maximum atomic E-state index is 14.2. The Balaban J connectivity index is 1.26. The summed E-state index contributed by atoms with van der Waals surface area (Å²) in [6.45, 7) is 10.7. The molecule has 3 aliphatic carbocycles. The summed E-state index contributed by atoms with van der Waals surface area (Å²) in [6.07, 6.45) is 1.98. The third-order valence-electron chi connectivity index (χ3n) is 12.6. The number of para-hydroxylation sites is 1. The molecule has 2 amide bonds. The quantitative estimate of drug-likeness (QED) is 0.152. The second-order valence-electron chi connectivity index (χ2n) is 16.1. The van der Waals surface area contributed by atoms with Crippen molar-refractivity contribution in [3.05, 3.63) is 89.0 Å². The molecule has 10 heteroatoms. The highest BCUT2D eigenvalue weighted by Gasteiger charge is 2.57. The lowest BCUT2D eigenvalue weighted by Gasteiger charge is -2.62. The first kappa shape index (κ1) is 38.9. The number of nitrogens with one attached hydrogen (secondary N) is 2. The van der Waals surface area contributed by atoms with Crippen LogP contribution in [0.4, 0.5) is 0 Å². The number of nitrogens with two attached hydrogens (primary N) is 1. The summed E-state index contributed by atoms with van der Waals surface area (Å²) < 4.78 is 6.04. The number of ether oxygens (including phenoxy) is 1. The van der Waals surface area contributed by atoms with E-state index in [9.17, 15) is 19.8 Å². The third kappa shape index (κ3) is 7.89. The predicted molar refractivity (Wildman–Crippen MR) is 206 cm³/mol. The Labute approximate surface area is 314 Å². The molecule has 3 aromatic carbocycles. The number of hydroxylamine groups is 2. The lowest BCUT2D eigenvalue weighted by Crippen LogP contribution is -2.62. The smallest absolute Gasteiger partial charge is 0.251 e. The van der Waals surface area contributed by atoms with Crippen LogP contribution in [-0.2, 0) is 29.1 Å². The van der Waals surface area contributed by atoms with Gasteiger partial charge in [-0.1, -0.05) is 76.2 Å². The summed E-state index contributed by atoms with van der Waals surface area (Å²) in [6, 6.07) is 20.7. The average molecular weight is 727 g/mol. The van der Waals surface area contributed by atoms with Gasteiger partial charge in [-0.05, 0) is 90.7 Å². The average Bonchev–Trinajstić information content (AvgIpc) is 3.53. The topological polar surface area (TPSA) is 146 Å². The first-order valence-electron chi connectivity index (χ1n) is 19.3. The lowest BCUT2D eigenvalue weighted by molar-refractivity contribution is -0.183. The summed E-state index contributed by atoms with van der Waals surface area (Å²) in [4.78, 5) is 34.2. The van der Waals surface area contributed by atoms with E-state index in [1.165, 1.54) is 6.42 Å². The highest BCUT2D eigenvalue weighted by atomic mass is 16.7. The van der Waals surface area contributed by atoms with Crippen molar-refractivity contribution < 1.29 is 29.4 Å². The maximum Gasteiger partial charge on any atom is 0.251 e. The van der Waals surface area contributed by atoms with E-state index in [4.69, 9.17) is 15.3 Å². The van der Waals surface area contributed by atoms with E-state index in [2.05, 4.69) is 50.5 Å². The fourth-order valence-corrected chi connectivity index (χ4v) is 9.39. The van der Waals surface area contributed by atoms with Crippen LogP contribution in [0.3, 0.4) is 0 Å². The van der Waals surface area contributed by atoms with E-state index < -0.39 is 24.2 Å². The highest BCUT2D eigenvalue weighted by Crippen LogP contribution is 2.61. The molecule has 10 nitrogen and oxygen atoms in total. The predicted octanol–water partition coefficient (Wildman–Crippen LogP) is 5.23. The van der Waals surface area contributed by atoms with Crippen molar-refractivity contribution in [2.45, 2.75) is 104 Å². The van der Waals surface area contributed by atoms with Crippen molar-refractivity contribution in [2.24, 2.45) is 34.8 Å². The number of hydrogen-bond donors (Lipinski definition) is 5. The summed E-state index contributed by atoms with van der Waals surface area (Å²) in [7, 11) is 1.60. The molecule has 6 N–H and O–H groups in total. The van der Waals surface area contributed by atoms with E-state index >= 15 is 0 Å². The van der Waals surface area contributed by atoms with Crippen molar-refractivity contribution in [3.8, 4) is 16.9 Å². The summed E-state index contributed by atoms with van der Waals surface area (Å²) in [5, 5.41) is 29.4. The Bertz CT molecular complexity index is 1750. The van der Waals surface area contributed by atoms with Gasteiger partial charge in [0.15, 0.2) is 0 Å². The molecule has 1 aliphatic heterocycles. The minimum atomic E-state index is -0.902. The van der Waals surface area contributed by atoms with E-state index in [0.717, 1.165) is 47.1 Å². The molecular weight excluding hydrogens is 668 g/mol. The fraction of sp³-hybridized carbons (Fsp3) is 0.535. The van der Waals surface area contributed by atoms with Crippen LogP contribution >= 0.6 is 0 Å². The molecule has 9 atom stereocenters. The number of methoxy groups -OCH3 is 1. The maximum absolute atomic E-state index is 14.2. The van der Waals surface area contributed by atoms with Crippen molar-refractivity contribution in [1.29, 1.82) is 0 Å². The fourth-order valence-electron chi connectivity index (χ4n) is 9.39. The van der Waals surface area contributed by atoms with Crippen molar-refractivity contribution in [2.75, 3.05) is 13.7 Å². The highest BCUT2D eigenvalue weighted by molar-refractivity contribution is 5.96. The van der Waals surface area contributed by atoms with Gasteiger partial charge in [-0.25, -0.2) is 0 Å². The molecule has 0 unspecified atom stereocenters. The molecule has 0 aromatic heterocycles. The summed E-state index contributed by atoms with van der Waals surface area (Å²) in [5.74, 6) is 0.997. The van der Waals surface area contributed by atoms with Gasteiger partial charge in [-0.3, -0.25) is 14.4 Å². The van der Waals surface area contributed by atoms with Gasteiger partial charge < -0.3 is 31.3 Å². The van der Waals surface area contributed by atoms with Crippen LogP contribution in [0.1, 0.15) is 80.9 Å². The molecule has 0 radical (unpaired) electrons. The minimum absolute atomic E-state index is 0.0361. The van der Waals surface area contributed by atoms with Gasteiger partial charge in [0.2, 0.25) is 5.91 Å². The zero-order valence-corrected chi connectivity index (χ0v) is 32.0. The Morgan fingerprint density at radius 2 is 1.83 bits per heavy atom.